The summed E-state index contributed by atoms with van der Waals surface area (Å²) in [4.78, 5) is 0. The van der Waals surface area contributed by atoms with Crippen LogP contribution in [0.5, 0.6) is 0 Å². The zero-order valence-electron chi connectivity index (χ0n) is 26.6. The number of benzene rings is 9. The molecule has 0 saturated heterocycles. The number of aryl methyl sites for hydroxylation is 1. The maximum absolute atomic E-state index is 2.38. The topological polar surface area (TPSA) is 4.93 Å². The minimum Gasteiger partial charge on any atom is -0.344 e. The SMILES string of the molecule is Cn1c2cc3ccccc3cc2c2c(-c3c4ccccc4c(-c4cccc(-c5ccc6ccccc6c5)c4)c4ccccc34)cccc21. The second-order valence-electron chi connectivity index (χ2n) is 13.0. The van der Waals surface area contributed by atoms with Gasteiger partial charge < -0.3 is 4.57 Å². The molecule has 0 spiro atoms. The third-order valence-corrected chi connectivity index (χ3v) is 10.3. The van der Waals surface area contributed by atoms with E-state index in [0.717, 1.165) is 0 Å². The lowest BCUT2D eigenvalue weighted by atomic mass is 9.84. The van der Waals surface area contributed by atoms with Gasteiger partial charge in [0, 0.05) is 28.9 Å². The van der Waals surface area contributed by atoms with Crippen LogP contribution in [0.2, 0.25) is 0 Å². The smallest absolute Gasteiger partial charge is 0.0495 e. The van der Waals surface area contributed by atoms with Crippen molar-refractivity contribution in [1.82, 2.24) is 4.57 Å². The highest BCUT2D eigenvalue weighted by molar-refractivity contribution is 6.27. The number of nitrogens with zero attached hydrogens (tertiary/aromatic N) is 1. The highest BCUT2D eigenvalue weighted by Crippen LogP contribution is 2.47. The first-order valence-electron chi connectivity index (χ1n) is 16.7. The van der Waals surface area contributed by atoms with Gasteiger partial charge in [0.25, 0.3) is 0 Å². The van der Waals surface area contributed by atoms with Crippen molar-refractivity contribution in [2.75, 3.05) is 0 Å². The predicted molar refractivity (Wildman–Crippen MR) is 207 cm³/mol. The van der Waals surface area contributed by atoms with Crippen molar-refractivity contribution in [2.24, 2.45) is 7.05 Å². The van der Waals surface area contributed by atoms with Gasteiger partial charge in [0.05, 0.1) is 0 Å². The molecule has 1 heterocycles. The van der Waals surface area contributed by atoms with Crippen LogP contribution in [0, 0.1) is 0 Å². The molecule has 224 valence electrons. The van der Waals surface area contributed by atoms with E-state index in [0.29, 0.717) is 0 Å². The van der Waals surface area contributed by atoms with Gasteiger partial charge in [-0.3, -0.25) is 0 Å². The predicted octanol–water partition coefficient (Wildman–Crippen LogP) is 12.9. The van der Waals surface area contributed by atoms with Gasteiger partial charge in [-0.15, -0.1) is 0 Å². The molecule has 1 nitrogen and oxygen atoms in total. The van der Waals surface area contributed by atoms with Crippen LogP contribution in [0.15, 0.2) is 170 Å². The normalized spacial score (nSPS) is 11.9. The Hall–Kier alpha value is -6.18. The van der Waals surface area contributed by atoms with Crippen LogP contribution in [0.1, 0.15) is 0 Å². The van der Waals surface area contributed by atoms with Crippen molar-refractivity contribution in [1.29, 1.82) is 0 Å². The Bertz CT molecular complexity index is 2850. The number of hydrogen-bond donors (Lipinski definition) is 0. The Morgan fingerprint density at radius 3 is 1.58 bits per heavy atom. The molecule has 0 radical (unpaired) electrons. The highest BCUT2D eigenvalue weighted by atomic mass is 14.9. The van der Waals surface area contributed by atoms with E-state index in [4.69, 9.17) is 0 Å². The molecule has 10 rings (SSSR count). The molecule has 0 atom stereocenters. The fourth-order valence-electron chi connectivity index (χ4n) is 8.10. The van der Waals surface area contributed by atoms with Crippen LogP contribution < -0.4 is 0 Å². The monoisotopic (exact) mass is 609 g/mol. The maximum atomic E-state index is 2.38. The van der Waals surface area contributed by atoms with Gasteiger partial charge in [-0.2, -0.15) is 0 Å². The molecule has 0 amide bonds. The van der Waals surface area contributed by atoms with E-state index in [2.05, 4.69) is 181 Å². The van der Waals surface area contributed by atoms with Gasteiger partial charge in [0.2, 0.25) is 0 Å². The van der Waals surface area contributed by atoms with Gasteiger partial charge in [0.15, 0.2) is 0 Å². The molecule has 0 aliphatic rings. The van der Waals surface area contributed by atoms with Crippen LogP contribution >= 0.6 is 0 Å². The van der Waals surface area contributed by atoms with E-state index in [1.807, 2.05) is 0 Å². The molecule has 0 fully saturated rings. The van der Waals surface area contributed by atoms with E-state index >= 15 is 0 Å². The molecule has 48 heavy (non-hydrogen) atoms. The largest absolute Gasteiger partial charge is 0.344 e. The lowest BCUT2D eigenvalue weighted by Gasteiger charge is -2.19. The fraction of sp³-hybridized carbons (Fsp3) is 0.0213. The quantitative estimate of drug-likeness (QED) is 0.176. The van der Waals surface area contributed by atoms with Crippen molar-refractivity contribution in [3.8, 4) is 33.4 Å². The summed E-state index contributed by atoms with van der Waals surface area (Å²) in [6.07, 6.45) is 0. The number of fused-ring (bicyclic) bond motifs is 7. The van der Waals surface area contributed by atoms with Gasteiger partial charge in [-0.25, -0.2) is 0 Å². The first kappa shape index (κ1) is 27.0. The summed E-state index contributed by atoms with van der Waals surface area (Å²) in [5.74, 6) is 0. The zero-order chi connectivity index (χ0) is 31.8. The second-order valence-corrected chi connectivity index (χ2v) is 13.0. The van der Waals surface area contributed by atoms with Crippen LogP contribution in [0.3, 0.4) is 0 Å². The molecule has 10 aromatic rings. The first-order chi connectivity index (χ1) is 23.7. The number of hydrogen-bond acceptors (Lipinski definition) is 0. The van der Waals surface area contributed by atoms with Crippen molar-refractivity contribution in [3.05, 3.63) is 170 Å². The lowest BCUT2D eigenvalue weighted by Crippen LogP contribution is -1.92. The van der Waals surface area contributed by atoms with Crippen LogP contribution in [-0.4, -0.2) is 4.57 Å². The van der Waals surface area contributed by atoms with Crippen LogP contribution in [0.4, 0.5) is 0 Å². The van der Waals surface area contributed by atoms with E-state index in [-0.39, 0.29) is 0 Å². The maximum Gasteiger partial charge on any atom is 0.0495 e. The minimum absolute atomic E-state index is 1.23. The van der Waals surface area contributed by atoms with Crippen molar-refractivity contribution >= 4 is 64.9 Å². The summed E-state index contributed by atoms with van der Waals surface area (Å²) in [5.41, 5.74) is 10.0. The molecule has 1 aromatic heterocycles. The summed E-state index contributed by atoms with van der Waals surface area (Å²) in [5, 5.41) is 12.7. The van der Waals surface area contributed by atoms with Crippen molar-refractivity contribution in [2.45, 2.75) is 0 Å². The van der Waals surface area contributed by atoms with Gasteiger partial charge in [-0.1, -0.05) is 140 Å². The summed E-state index contributed by atoms with van der Waals surface area (Å²) in [7, 11) is 2.20. The van der Waals surface area contributed by atoms with Crippen molar-refractivity contribution in [3.63, 3.8) is 0 Å². The molecule has 0 aliphatic heterocycles. The Kier molecular flexibility index (Phi) is 5.86. The summed E-state index contributed by atoms with van der Waals surface area (Å²) < 4.78 is 2.36. The van der Waals surface area contributed by atoms with Gasteiger partial charge in [-0.05, 0) is 107 Å². The van der Waals surface area contributed by atoms with E-state index in [1.54, 1.807) is 0 Å². The molecule has 1 heteroatoms. The number of rotatable bonds is 3. The first-order valence-corrected chi connectivity index (χ1v) is 16.7. The third-order valence-electron chi connectivity index (χ3n) is 10.3. The molecule has 0 N–H and O–H groups in total. The lowest BCUT2D eigenvalue weighted by molar-refractivity contribution is 1.02. The average Bonchev–Trinajstić information content (AvgIpc) is 3.43. The molecular formula is C47H31N. The summed E-state index contributed by atoms with van der Waals surface area (Å²) in [6.45, 7) is 0. The third kappa shape index (κ3) is 3.98. The average molecular weight is 610 g/mol. The summed E-state index contributed by atoms with van der Waals surface area (Å²) >= 11 is 0. The molecular weight excluding hydrogens is 579 g/mol. The summed E-state index contributed by atoms with van der Waals surface area (Å²) in [6, 6.07) is 62.7. The molecule has 0 bridgehead atoms. The highest BCUT2D eigenvalue weighted by Gasteiger charge is 2.20. The molecule has 0 saturated carbocycles. The Labute approximate surface area is 278 Å². The Morgan fingerprint density at radius 1 is 0.333 bits per heavy atom. The van der Waals surface area contributed by atoms with Gasteiger partial charge in [0.1, 0.15) is 0 Å². The Balaban J connectivity index is 1.27. The molecule has 0 aliphatic carbocycles. The van der Waals surface area contributed by atoms with E-state index in [9.17, 15) is 0 Å². The van der Waals surface area contributed by atoms with Crippen LogP contribution in [0.25, 0.3) is 98.3 Å². The zero-order valence-corrected chi connectivity index (χ0v) is 26.6. The standard InChI is InChI=1S/C47H31N/c1-48-43-23-11-22-41(47(43)42-28-33-14-4-5-15-34(33)29-44(42)48)46-39-20-8-6-18-37(39)45(38-19-7-9-21-40(38)46)36-17-10-16-32(27-36)35-25-24-30-12-2-3-13-31(30)26-35/h2-29H,1H3. The second kappa shape index (κ2) is 10.4. The molecule has 9 aromatic carbocycles. The number of aromatic nitrogens is 1. The minimum atomic E-state index is 1.23. The van der Waals surface area contributed by atoms with Crippen LogP contribution in [-0.2, 0) is 7.05 Å². The van der Waals surface area contributed by atoms with E-state index in [1.165, 1.54) is 98.3 Å². The fourth-order valence-corrected chi connectivity index (χ4v) is 8.10. The van der Waals surface area contributed by atoms with Gasteiger partial charge >= 0.3 is 0 Å². The molecule has 0 unspecified atom stereocenters. The van der Waals surface area contributed by atoms with E-state index < -0.39 is 0 Å². The van der Waals surface area contributed by atoms with Crippen molar-refractivity contribution < 1.29 is 0 Å². The Morgan fingerprint density at radius 2 is 0.875 bits per heavy atom.